The third-order valence-corrected chi connectivity index (χ3v) is 2.82. The van der Waals surface area contributed by atoms with Crippen LogP contribution in [0.4, 0.5) is 5.69 Å². The largest absolute Gasteiger partial charge is 0.478 e. The zero-order chi connectivity index (χ0) is 11.9. The van der Waals surface area contributed by atoms with Crippen LogP contribution in [0.3, 0.4) is 0 Å². The Kier molecular flexibility index (Phi) is 2.80. The second kappa shape index (κ2) is 3.98. The molecule has 2 rings (SSSR count). The van der Waals surface area contributed by atoms with E-state index in [0.29, 0.717) is 10.7 Å². The van der Waals surface area contributed by atoms with Crippen molar-refractivity contribution in [3.8, 4) is 5.75 Å². The number of hydrogen-bond donors (Lipinski definition) is 1. The maximum absolute atomic E-state index is 11.7. The minimum absolute atomic E-state index is 0.107. The number of aryl methyl sites for hydroxylation is 1. The second-order valence-corrected chi connectivity index (χ2v) is 4.81. The maximum atomic E-state index is 11.7. The van der Waals surface area contributed by atoms with E-state index in [-0.39, 0.29) is 11.8 Å². The van der Waals surface area contributed by atoms with Crippen molar-refractivity contribution >= 4 is 23.2 Å². The number of rotatable bonds is 1. The molecule has 0 fully saturated rings. The predicted octanol–water partition coefficient (Wildman–Crippen LogP) is 3.00. The third kappa shape index (κ3) is 1.87. The molecule has 16 heavy (non-hydrogen) atoms. The Bertz CT molecular complexity index is 443. The van der Waals surface area contributed by atoms with Gasteiger partial charge in [0, 0.05) is 5.02 Å². The van der Waals surface area contributed by atoms with E-state index in [2.05, 4.69) is 5.32 Å². The van der Waals surface area contributed by atoms with Gasteiger partial charge in [-0.3, -0.25) is 4.79 Å². The highest BCUT2D eigenvalue weighted by Crippen LogP contribution is 2.36. The highest BCUT2D eigenvalue weighted by Gasteiger charge is 2.31. The van der Waals surface area contributed by atoms with Crippen molar-refractivity contribution in [2.24, 2.45) is 5.92 Å². The topological polar surface area (TPSA) is 38.3 Å². The number of fused-ring (bicyclic) bond motifs is 1. The smallest absolute Gasteiger partial charge is 0.265 e. The van der Waals surface area contributed by atoms with E-state index in [0.717, 1.165) is 11.3 Å². The van der Waals surface area contributed by atoms with Crippen LogP contribution in [0.15, 0.2) is 12.1 Å². The van der Waals surface area contributed by atoms with Crippen LogP contribution in [0.25, 0.3) is 0 Å². The first-order chi connectivity index (χ1) is 7.49. The molecule has 1 amide bonds. The lowest BCUT2D eigenvalue weighted by molar-refractivity contribution is -0.125. The molecule has 1 aliphatic rings. The number of anilines is 1. The van der Waals surface area contributed by atoms with Crippen molar-refractivity contribution in [1.29, 1.82) is 0 Å². The van der Waals surface area contributed by atoms with E-state index in [1.807, 2.05) is 26.8 Å². The first-order valence-electron chi connectivity index (χ1n) is 5.26. The van der Waals surface area contributed by atoms with Crippen LogP contribution in [0.2, 0.25) is 5.02 Å². The average molecular weight is 240 g/mol. The fourth-order valence-corrected chi connectivity index (χ4v) is 2.08. The highest BCUT2D eigenvalue weighted by molar-refractivity contribution is 6.31. The van der Waals surface area contributed by atoms with Gasteiger partial charge in [-0.2, -0.15) is 0 Å². The molecule has 1 N–H and O–H groups in total. The van der Waals surface area contributed by atoms with Crippen molar-refractivity contribution in [2.75, 3.05) is 5.32 Å². The first-order valence-corrected chi connectivity index (χ1v) is 5.64. The van der Waals surface area contributed by atoms with Crippen LogP contribution in [-0.2, 0) is 4.79 Å². The molecule has 0 bridgehead atoms. The molecule has 1 atom stereocenters. The number of nitrogens with one attached hydrogen (secondary N) is 1. The number of carbonyl (C=O) groups excluding carboxylic acids is 1. The van der Waals surface area contributed by atoms with Gasteiger partial charge in [-0.15, -0.1) is 0 Å². The van der Waals surface area contributed by atoms with Crippen molar-refractivity contribution in [3.05, 3.63) is 22.7 Å². The molecule has 0 unspecified atom stereocenters. The van der Waals surface area contributed by atoms with Gasteiger partial charge >= 0.3 is 0 Å². The van der Waals surface area contributed by atoms with Crippen molar-refractivity contribution in [3.63, 3.8) is 0 Å². The summed E-state index contributed by atoms with van der Waals surface area (Å²) in [5, 5.41) is 3.42. The predicted molar refractivity (Wildman–Crippen MR) is 64.1 cm³/mol. The minimum atomic E-state index is -0.424. The van der Waals surface area contributed by atoms with Gasteiger partial charge in [0.15, 0.2) is 6.10 Å². The van der Waals surface area contributed by atoms with Crippen LogP contribution >= 0.6 is 11.6 Å². The summed E-state index contributed by atoms with van der Waals surface area (Å²) in [6.45, 7) is 5.83. The minimum Gasteiger partial charge on any atom is -0.478 e. The average Bonchev–Trinajstić information content (AvgIpc) is 2.15. The quantitative estimate of drug-likeness (QED) is 0.818. The molecule has 1 aromatic rings. The van der Waals surface area contributed by atoms with E-state index in [9.17, 15) is 4.79 Å². The Morgan fingerprint density at radius 3 is 2.75 bits per heavy atom. The van der Waals surface area contributed by atoms with Gasteiger partial charge in [0.2, 0.25) is 0 Å². The molecule has 0 radical (unpaired) electrons. The SMILES string of the molecule is Cc1cc(Cl)cc2c1O[C@@H](C(C)C)C(=O)N2. The lowest BCUT2D eigenvalue weighted by Crippen LogP contribution is -2.40. The van der Waals surface area contributed by atoms with Crippen LogP contribution in [0.1, 0.15) is 19.4 Å². The number of hydrogen-bond acceptors (Lipinski definition) is 2. The molecule has 86 valence electrons. The standard InChI is InChI=1S/C12H14ClNO2/c1-6(2)10-12(15)14-9-5-8(13)4-7(3)11(9)16-10/h4-6,10H,1-3H3,(H,14,15)/t10-/m0/s1. The highest BCUT2D eigenvalue weighted by atomic mass is 35.5. The molecule has 1 heterocycles. The molecule has 0 aromatic heterocycles. The summed E-state index contributed by atoms with van der Waals surface area (Å²) in [5.41, 5.74) is 1.60. The molecule has 0 spiro atoms. The van der Waals surface area contributed by atoms with E-state index < -0.39 is 6.10 Å². The molecular formula is C12H14ClNO2. The molecule has 0 saturated carbocycles. The summed E-state index contributed by atoms with van der Waals surface area (Å²) < 4.78 is 5.72. The van der Waals surface area contributed by atoms with E-state index in [4.69, 9.17) is 16.3 Å². The van der Waals surface area contributed by atoms with E-state index >= 15 is 0 Å². The van der Waals surface area contributed by atoms with Gasteiger partial charge < -0.3 is 10.1 Å². The summed E-state index contributed by atoms with van der Waals surface area (Å²) in [6, 6.07) is 3.54. The molecule has 0 aliphatic carbocycles. The summed E-state index contributed by atoms with van der Waals surface area (Å²) in [4.78, 5) is 11.7. The van der Waals surface area contributed by atoms with Crippen LogP contribution in [0, 0.1) is 12.8 Å². The van der Waals surface area contributed by atoms with Gasteiger partial charge in [-0.1, -0.05) is 25.4 Å². The Balaban J connectivity index is 2.43. The van der Waals surface area contributed by atoms with Gasteiger partial charge in [0.1, 0.15) is 5.75 Å². The molecule has 4 heteroatoms. The molecule has 1 aliphatic heterocycles. The van der Waals surface area contributed by atoms with Crippen LogP contribution < -0.4 is 10.1 Å². The maximum Gasteiger partial charge on any atom is 0.265 e. The fraction of sp³-hybridized carbons (Fsp3) is 0.417. The van der Waals surface area contributed by atoms with Gasteiger partial charge in [0.05, 0.1) is 5.69 Å². The number of ether oxygens (including phenoxy) is 1. The van der Waals surface area contributed by atoms with E-state index in [1.165, 1.54) is 0 Å². The van der Waals surface area contributed by atoms with Gasteiger partial charge in [-0.05, 0) is 30.5 Å². The fourth-order valence-electron chi connectivity index (χ4n) is 1.80. The zero-order valence-electron chi connectivity index (χ0n) is 9.50. The summed E-state index contributed by atoms with van der Waals surface area (Å²) in [5.74, 6) is 0.759. The third-order valence-electron chi connectivity index (χ3n) is 2.61. The van der Waals surface area contributed by atoms with Gasteiger partial charge in [0.25, 0.3) is 5.91 Å². The Labute approximate surface area is 99.7 Å². The molecule has 3 nitrogen and oxygen atoms in total. The second-order valence-electron chi connectivity index (χ2n) is 4.37. The number of amides is 1. The Morgan fingerprint density at radius 1 is 1.44 bits per heavy atom. The molecular weight excluding hydrogens is 226 g/mol. The molecule has 0 saturated heterocycles. The number of carbonyl (C=O) groups is 1. The summed E-state index contributed by atoms with van der Waals surface area (Å²) >= 11 is 5.92. The van der Waals surface area contributed by atoms with Gasteiger partial charge in [-0.25, -0.2) is 0 Å². The molecule has 1 aromatic carbocycles. The van der Waals surface area contributed by atoms with Crippen LogP contribution in [-0.4, -0.2) is 12.0 Å². The van der Waals surface area contributed by atoms with E-state index in [1.54, 1.807) is 6.07 Å². The Morgan fingerprint density at radius 2 is 2.12 bits per heavy atom. The monoisotopic (exact) mass is 239 g/mol. The number of benzene rings is 1. The Hall–Kier alpha value is -1.22. The summed E-state index contributed by atoms with van der Waals surface area (Å²) in [7, 11) is 0. The van der Waals surface area contributed by atoms with Crippen LogP contribution in [0.5, 0.6) is 5.75 Å². The summed E-state index contributed by atoms with van der Waals surface area (Å²) in [6.07, 6.45) is -0.424. The first kappa shape index (κ1) is 11.3. The zero-order valence-corrected chi connectivity index (χ0v) is 10.3. The lowest BCUT2D eigenvalue weighted by Gasteiger charge is -2.29. The lowest BCUT2D eigenvalue weighted by atomic mass is 10.0. The number of halogens is 1. The van der Waals surface area contributed by atoms with Crippen molar-refractivity contribution in [2.45, 2.75) is 26.9 Å². The normalized spacial score (nSPS) is 19.1. The van der Waals surface area contributed by atoms with Crippen molar-refractivity contribution in [1.82, 2.24) is 0 Å². The van der Waals surface area contributed by atoms with Crippen molar-refractivity contribution < 1.29 is 9.53 Å².